The summed E-state index contributed by atoms with van der Waals surface area (Å²) >= 11 is 16.4. The Hall–Kier alpha value is -1.21. The Morgan fingerprint density at radius 3 is 2.65 bits per heavy atom. The lowest BCUT2D eigenvalue weighted by molar-refractivity contribution is 0.474. The number of hydrogen-bond donors (Lipinski definition) is 2. The minimum absolute atomic E-state index is 0.0536. The third-order valence-corrected chi connectivity index (χ3v) is 5.31. The van der Waals surface area contributed by atoms with Crippen LogP contribution >= 0.6 is 50.9 Å². The fourth-order valence-corrected chi connectivity index (χ4v) is 3.14. The van der Waals surface area contributed by atoms with Crippen LogP contribution in [0.4, 0.5) is 0 Å². The van der Waals surface area contributed by atoms with Gasteiger partial charge in [-0.15, -0.1) is 5.10 Å². The summed E-state index contributed by atoms with van der Waals surface area (Å²) < 4.78 is 0.554. The second-order valence-electron chi connectivity index (χ2n) is 4.38. The van der Waals surface area contributed by atoms with Crippen molar-refractivity contribution in [1.82, 2.24) is 0 Å². The van der Waals surface area contributed by atoms with Crippen LogP contribution in [0.25, 0.3) is 0 Å². The van der Waals surface area contributed by atoms with Crippen molar-refractivity contribution in [2.45, 2.75) is 5.75 Å². The molecule has 0 saturated heterocycles. The number of benzene rings is 2. The molecule has 2 aromatic rings. The van der Waals surface area contributed by atoms with Crippen LogP contribution in [0.1, 0.15) is 11.1 Å². The van der Waals surface area contributed by atoms with Gasteiger partial charge in [0.25, 0.3) is 0 Å². The first-order valence-corrected chi connectivity index (χ1v) is 8.92. The smallest absolute Gasteiger partial charge is 0.180 e. The average Bonchev–Trinajstić information content (AvgIpc) is 2.56. The normalized spacial score (nSPS) is 12.0. The van der Waals surface area contributed by atoms with E-state index in [1.165, 1.54) is 18.0 Å². The van der Waals surface area contributed by atoms with Crippen molar-refractivity contribution in [2.24, 2.45) is 15.9 Å². The van der Waals surface area contributed by atoms with E-state index >= 15 is 0 Å². The number of amidine groups is 1. The van der Waals surface area contributed by atoms with Gasteiger partial charge in [0, 0.05) is 15.8 Å². The van der Waals surface area contributed by atoms with Crippen LogP contribution in [0.15, 0.2) is 51.1 Å². The van der Waals surface area contributed by atoms with E-state index in [1.54, 1.807) is 6.07 Å². The van der Waals surface area contributed by atoms with Crippen LogP contribution in [0, 0.1) is 0 Å². The van der Waals surface area contributed by atoms with Gasteiger partial charge in [-0.3, -0.25) is 0 Å². The van der Waals surface area contributed by atoms with Gasteiger partial charge >= 0.3 is 0 Å². The molecule has 8 heteroatoms. The molecule has 120 valence electrons. The zero-order valence-electron chi connectivity index (χ0n) is 11.7. The summed E-state index contributed by atoms with van der Waals surface area (Å²) in [7, 11) is 0. The Bertz CT molecular complexity index is 754. The van der Waals surface area contributed by atoms with E-state index in [1.807, 2.05) is 30.3 Å². The lowest BCUT2D eigenvalue weighted by atomic mass is 10.2. The number of thioether (sulfide) groups is 1. The van der Waals surface area contributed by atoms with Gasteiger partial charge in [0.15, 0.2) is 5.17 Å². The van der Waals surface area contributed by atoms with Gasteiger partial charge in [-0.25, -0.2) is 0 Å². The Balaban J connectivity index is 2.03. The molecule has 0 amide bonds. The SMILES string of the molecule is NC(=NN=Cc1cc(Br)c(Cl)c(Cl)c1O)SCc1ccccc1. The fraction of sp³-hybridized carbons (Fsp3) is 0.0667. The summed E-state index contributed by atoms with van der Waals surface area (Å²) in [6.45, 7) is 0. The van der Waals surface area contributed by atoms with Crippen molar-refractivity contribution >= 4 is 62.3 Å². The van der Waals surface area contributed by atoms with Crippen LogP contribution in [0.3, 0.4) is 0 Å². The number of halogens is 3. The maximum absolute atomic E-state index is 9.91. The van der Waals surface area contributed by atoms with E-state index in [2.05, 4.69) is 26.1 Å². The molecule has 0 saturated carbocycles. The van der Waals surface area contributed by atoms with Crippen molar-refractivity contribution in [3.63, 3.8) is 0 Å². The van der Waals surface area contributed by atoms with Gasteiger partial charge in [-0.1, -0.05) is 65.3 Å². The molecule has 0 fully saturated rings. The van der Waals surface area contributed by atoms with Gasteiger partial charge in [0.2, 0.25) is 0 Å². The highest BCUT2D eigenvalue weighted by Crippen LogP contribution is 2.38. The summed E-state index contributed by atoms with van der Waals surface area (Å²) in [6, 6.07) is 11.5. The minimum atomic E-state index is -0.158. The third kappa shape index (κ3) is 5.14. The van der Waals surface area contributed by atoms with E-state index in [0.29, 0.717) is 21.0 Å². The molecule has 23 heavy (non-hydrogen) atoms. The second-order valence-corrected chi connectivity index (χ2v) is 6.99. The predicted molar refractivity (Wildman–Crippen MR) is 103 cm³/mol. The molecule has 2 rings (SSSR count). The Morgan fingerprint density at radius 1 is 1.26 bits per heavy atom. The van der Waals surface area contributed by atoms with Crippen molar-refractivity contribution in [2.75, 3.05) is 0 Å². The molecule has 0 unspecified atom stereocenters. The van der Waals surface area contributed by atoms with Crippen LogP contribution in [0.5, 0.6) is 5.75 Å². The van der Waals surface area contributed by atoms with Gasteiger partial charge < -0.3 is 10.8 Å². The van der Waals surface area contributed by atoms with E-state index < -0.39 is 0 Å². The monoisotopic (exact) mass is 431 g/mol. The Morgan fingerprint density at radius 2 is 1.96 bits per heavy atom. The zero-order chi connectivity index (χ0) is 16.8. The van der Waals surface area contributed by atoms with Gasteiger partial charge in [-0.2, -0.15) is 5.10 Å². The maximum Gasteiger partial charge on any atom is 0.180 e. The van der Waals surface area contributed by atoms with Gasteiger partial charge in [-0.05, 0) is 27.6 Å². The number of hydrogen-bond acceptors (Lipinski definition) is 4. The molecule has 2 aromatic carbocycles. The number of phenols is 1. The molecule has 0 atom stereocenters. The molecule has 0 aliphatic heterocycles. The largest absolute Gasteiger partial charge is 0.506 e. The maximum atomic E-state index is 9.91. The summed E-state index contributed by atoms with van der Waals surface area (Å²) in [5.41, 5.74) is 7.32. The molecule has 4 nitrogen and oxygen atoms in total. The van der Waals surface area contributed by atoms with E-state index in [9.17, 15) is 5.11 Å². The number of phenolic OH excluding ortho intramolecular Hbond substituents is 1. The van der Waals surface area contributed by atoms with Gasteiger partial charge in [0.1, 0.15) is 10.8 Å². The van der Waals surface area contributed by atoms with Crippen molar-refractivity contribution in [1.29, 1.82) is 0 Å². The minimum Gasteiger partial charge on any atom is -0.506 e. The zero-order valence-corrected chi connectivity index (χ0v) is 15.6. The molecule has 0 spiro atoms. The number of nitrogens with zero attached hydrogens (tertiary/aromatic N) is 2. The first-order valence-electron chi connectivity index (χ1n) is 6.38. The first-order chi connectivity index (χ1) is 11.0. The van der Waals surface area contributed by atoms with Crippen molar-refractivity contribution < 1.29 is 5.11 Å². The molecule has 0 radical (unpaired) electrons. The van der Waals surface area contributed by atoms with Crippen LogP contribution in [0.2, 0.25) is 10.0 Å². The lowest BCUT2D eigenvalue weighted by Crippen LogP contribution is -2.06. The Kier molecular flexibility index (Phi) is 6.77. The van der Waals surface area contributed by atoms with Gasteiger partial charge in [0.05, 0.1) is 11.2 Å². The molecule has 0 aliphatic rings. The molecule has 0 bridgehead atoms. The molecule has 3 N–H and O–H groups in total. The van der Waals surface area contributed by atoms with Crippen LogP contribution < -0.4 is 5.73 Å². The van der Waals surface area contributed by atoms with Crippen LogP contribution in [-0.2, 0) is 5.75 Å². The summed E-state index contributed by atoms with van der Waals surface area (Å²) in [4.78, 5) is 0. The number of aromatic hydroxyl groups is 1. The first kappa shape index (κ1) is 18.1. The lowest BCUT2D eigenvalue weighted by Gasteiger charge is -2.05. The molecular weight excluding hydrogens is 421 g/mol. The standard InChI is InChI=1S/C15H12BrCl2N3OS/c16-11-6-10(14(22)13(18)12(11)17)7-20-21-15(19)23-8-9-4-2-1-3-5-9/h1-7,22H,8H2,(H2,19,21). The number of nitrogens with two attached hydrogens (primary N) is 1. The van der Waals surface area contributed by atoms with Crippen LogP contribution in [-0.4, -0.2) is 16.5 Å². The highest BCUT2D eigenvalue weighted by atomic mass is 79.9. The second kappa shape index (κ2) is 8.59. The molecule has 0 aliphatic carbocycles. The predicted octanol–water partition coefficient (Wildman–Crippen LogP) is 5.04. The topological polar surface area (TPSA) is 71.0 Å². The van der Waals surface area contributed by atoms with E-state index in [-0.39, 0.29) is 15.8 Å². The third-order valence-electron chi connectivity index (χ3n) is 2.75. The Labute approximate surface area is 156 Å². The summed E-state index contributed by atoms with van der Waals surface area (Å²) in [5, 5.41) is 18.3. The van der Waals surface area contributed by atoms with E-state index in [0.717, 1.165) is 5.56 Å². The average molecular weight is 433 g/mol. The highest BCUT2D eigenvalue weighted by molar-refractivity contribution is 9.10. The number of rotatable bonds is 4. The quantitative estimate of drug-likeness (QED) is 0.307. The highest BCUT2D eigenvalue weighted by Gasteiger charge is 2.12. The van der Waals surface area contributed by atoms with E-state index in [4.69, 9.17) is 28.9 Å². The molecule has 0 heterocycles. The van der Waals surface area contributed by atoms with Crippen molar-refractivity contribution in [3.05, 3.63) is 62.0 Å². The van der Waals surface area contributed by atoms with Crippen molar-refractivity contribution in [3.8, 4) is 5.75 Å². The fourth-order valence-electron chi connectivity index (χ4n) is 1.61. The molecule has 0 aromatic heterocycles. The summed E-state index contributed by atoms with van der Waals surface area (Å²) in [6.07, 6.45) is 1.36. The summed E-state index contributed by atoms with van der Waals surface area (Å²) in [5.74, 6) is 0.546. The molecular formula is C15H12BrCl2N3OS.